The van der Waals surface area contributed by atoms with E-state index in [9.17, 15) is 4.79 Å². The van der Waals surface area contributed by atoms with Crippen molar-refractivity contribution in [1.82, 2.24) is 5.32 Å². The Hall–Kier alpha value is -2.33. The minimum atomic E-state index is -0.210. The smallest absolute Gasteiger partial charge is 0.224 e. The van der Waals surface area contributed by atoms with Gasteiger partial charge in [0.05, 0.1) is 13.5 Å². The van der Waals surface area contributed by atoms with Gasteiger partial charge in [0.25, 0.3) is 0 Å². The number of benzene rings is 2. The summed E-state index contributed by atoms with van der Waals surface area (Å²) in [5, 5.41) is 2.91. The van der Waals surface area contributed by atoms with E-state index >= 15 is 0 Å². The van der Waals surface area contributed by atoms with E-state index in [1.807, 2.05) is 37.3 Å². The lowest BCUT2D eigenvalue weighted by Crippen LogP contribution is -2.32. The van der Waals surface area contributed by atoms with Crippen LogP contribution in [0.1, 0.15) is 48.1 Å². The van der Waals surface area contributed by atoms with Crippen LogP contribution in [0.4, 0.5) is 0 Å². The molecule has 0 fully saturated rings. The second kappa shape index (κ2) is 8.67. The molecule has 0 unspecified atom stereocenters. The van der Waals surface area contributed by atoms with Gasteiger partial charge < -0.3 is 15.8 Å². The third-order valence-corrected chi connectivity index (χ3v) is 4.39. The molecule has 2 rings (SSSR count). The Morgan fingerprint density at radius 3 is 2.36 bits per heavy atom. The standard InChI is InChI=1S/C21H28N2O2/c1-14(2)17-7-9-18(10-8-17)19(22)13-23-21(24)12-16-6-5-15(3)20(11-16)25-4/h5-11,14,19H,12-13,22H2,1-4H3,(H,23,24)/t19-/m1/s1. The molecule has 4 heteroatoms. The Labute approximate surface area is 150 Å². The fourth-order valence-corrected chi connectivity index (χ4v) is 2.69. The summed E-state index contributed by atoms with van der Waals surface area (Å²) in [4.78, 5) is 12.2. The zero-order chi connectivity index (χ0) is 18.4. The molecule has 2 aromatic rings. The number of hydrogen-bond donors (Lipinski definition) is 2. The molecule has 0 aliphatic heterocycles. The Morgan fingerprint density at radius 1 is 1.12 bits per heavy atom. The van der Waals surface area contributed by atoms with Gasteiger partial charge in [-0.05, 0) is 41.2 Å². The van der Waals surface area contributed by atoms with Crippen LogP contribution >= 0.6 is 0 Å². The fourth-order valence-electron chi connectivity index (χ4n) is 2.69. The number of carbonyl (C=O) groups excluding carboxylic acids is 1. The minimum absolute atomic E-state index is 0.0415. The highest BCUT2D eigenvalue weighted by Crippen LogP contribution is 2.19. The van der Waals surface area contributed by atoms with E-state index in [0.29, 0.717) is 18.9 Å². The van der Waals surface area contributed by atoms with Crippen LogP contribution in [0.5, 0.6) is 5.75 Å². The molecule has 0 aliphatic rings. The van der Waals surface area contributed by atoms with Gasteiger partial charge in [-0.3, -0.25) is 4.79 Å². The van der Waals surface area contributed by atoms with E-state index in [-0.39, 0.29) is 11.9 Å². The normalized spacial score (nSPS) is 12.1. The van der Waals surface area contributed by atoms with Crippen molar-refractivity contribution in [3.05, 3.63) is 64.7 Å². The number of hydrogen-bond acceptors (Lipinski definition) is 3. The lowest BCUT2D eigenvalue weighted by Gasteiger charge is -2.15. The third-order valence-electron chi connectivity index (χ3n) is 4.39. The van der Waals surface area contributed by atoms with Crippen molar-refractivity contribution >= 4 is 5.91 Å². The molecule has 3 N–H and O–H groups in total. The van der Waals surface area contributed by atoms with Gasteiger partial charge in [0.15, 0.2) is 0 Å². The molecule has 25 heavy (non-hydrogen) atoms. The predicted octanol–water partition coefficient (Wildman–Crippen LogP) is 3.49. The topological polar surface area (TPSA) is 64.3 Å². The van der Waals surface area contributed by atoms with E-state index in [1.165, 1.54) is 5.56 Å². The molecule has 0 aromatic heterocycles. The molecule has 2 aromatic carbocycles. The molecule has 4 nitrogen and oxygen atoms in total. The number of nitrogens with two attached hydrogens (primary N) is 1. The average Bonchev–Trinajstić information content (AvgIpc) is 2.61. The summed E-state index contributed by atoms with van der Waals surface area (Å²) < 4.78 is 5.30. The van der Waals surface area contributed by atoms with Crippen molar-refractivity contribution in [3.8, 4) is 5.75 Å². The number of rotatable bonds is 7. The van der Waals surface area contributed by atoms with Crippen LogP contribution in [0.2, 0.25) is 0 Å². The molecule has 0 radical (unpaired) electrons. The largest absolute Gasteiger partial charge is 0.496 e. The Balaban J connectivity index is 1.88. The Morgan fingerprint density at radius 2 is 1.76 bits per heavy atom. The number of nitrogens with one attached hydrogen (secondary N) is 1. The molecule has 0 saturated heterocycles. The molecule has 0 saturated carbocycles. The van der Waals surface area contributed by atoms with E-state index in [2.05, 4.69) is 31.3 Å². The maximum absolute atomic E-state index is 12.2. The van der Waals surface area contributed by atoms with Gasteiger partial charge in [0.2, 0.25) is 5.91 Å². The quantitative estimate of drug-likeness (QED) is 0.811. The Bertz CT molecular complexity index is 708. The summed E-state index contributed by atoms with van der Waals surface area (Å²) in [6.07, 6.45) is 0.315. The maximum atomic E-state index is 12.2. The molecule has 0 heterocycles. The van der Waals surface area contributed by atoms with Crippen molar-refractivity contribution in [2.45, 2.75) is 39.2 Å². The van der Waals surface area contributed by atoms with Gasteiger partial charge >= 0.3 is 0 Å². The number of aryl methyl sites for hydroxylation is 1. The van der Waals surface area contributed by atoms with Crippen LogP contribution in [-0.2, 0) is 11.2 Å². The minimum Gasteiger partial charge on any atom is -0.496 e. The van der Waals surface area contributed by atoms with Crippen molar-refractivity contribution < 1.29 is 9.53 Å². The van der Waals surface area contributed by atoms with Gasteiger partial charge in [-0.1, -0.05) is 50.2 Å². The first-order chi connectivity index (χ1) is 11.9. The number of amides is 1. The average molecular weight is 340 g/mol. The molecular weight excluding hydrogens is 312 g/mol. The van der Waals surface area contributed by atoms with E-state index < -0.39 is 0 Å². The van der Waals surface area contributed by atoms with Gasteiger partial charge in [-0.15, -0.1) is 0 Å². The van der Waals surface area contributed by atoms with E-state index in [1.54, 1.807) is 7.11 Å². The Kier molecular flexibility index (Phi) is 6.59. The van der Waals surface area contributed by atoms with Crippen LogP contribution in [0.3, 0.4) is 0 Å². The molecular formula is C21H28N2O2. The monoisotopic (exact) mass is 340 g/mol. The zero-order valence-electron chi connectivity index (χ0n) is 15.5. The van der Waals surface area contributed by atoms with E-state index in [0.717, 1.165) is 22.4 Å². The zero-order valence-corrected chi connectivity index (χ0v) is 15.5. The highest BCUT2D eigenvalue weighted by molar-refractivity contribution is 5.78. The number of ether oxygens (including phenoxy) is 1. The van der Waals surface area contributed by atoms with Crippen LogP contribution < -0.4 is 15.8 Å². The van der Waals surface area contributed by atoms with Crippen molar-refractivity contribution in [2.24, 2.45) is 5.73 Å². The summed E-state index contributed by atoms with van der Waals surface area (Å²) in [6.45, 7) is 6.72. The molecule has 0 aliphatic carbocycles. The van der Waals surface area contributed by atoms with Crippen LogP contribution in [-0.4, -0.2) is 19.6 Å². The third kappa shape index (κ3) is 5.33. The van der Waals surface area contributed by atoms with Crippen LogP contribution in [0.15, 0.2) is 42.5 Å². The first-order valence-corrected chi connectivity index (χ1v) is 8.66. The molecule has 134 valence electrons. The second-order valence-electron chi connectivity index (χ2n) is 6.71. The van der Waals surface area contributed by atoms with Gasteiger partial charge in [-0.2, -0.15) is 0 Å². The molecule has 0 spiro atoms. The first kappa shape index (κ1) is 19.0. The summed E-state index contributed by atoms with van der Waals surface area (Å²) >= 11 is 0. The summed E-state index contributed by atoms with van der Waals surface area (Å²) in [6, 6.07) is 13.9. The van der Waals surface area contributed by atoms with Gasteiger partial charge in [0, 0.05) is 12.6 Å². The number of methoxy groups -OCH3 is 1. The predicted molar refractivity (Wildman–Crippen MR) is 102 cm³/mol. The van der Waals surface area contributed by atoms with Crippen molar-refractivity contribution in [1.29, 1.82) is 0 Å². The fraction of sp³-hybridized carbons (Fsp3) is 0.381. The first-order valence-electron chi connectivity index (χ1n) is 8.66. The maximum Gasteiger partial charge on any atom is 0.224 e. The highest BCUT2D eigenvalue weighted by atomic mass is 16.5. The lowest BCUT2D eigenvalue weighted by molar-refractivity contribution is -0.120. The van der Waals surface area contributed by atoms with Gasteiger partial charge in [0.1, 0.15) is 5.75 Å². The highest BCUT2D eigenvalue weighted by Gasteiger charge is 2.10. The second-order valence-corrected chi connectivity index (χ2v) is 6.71. The number of carbonyl (C=O) groups is 1. The molecule has 1 amide bonds. The van der Waals surface area contributed by atoms with E-state index in [4.69, 9.17) is 10.5 Å². The van der Waals surface area contributed by atoms with Gasteiger partial charge in [-0.25, -0.2) is 0 Å². The summed E-state index contributed by atoms with van der Waals surface area (Å²) in [7, 11) is 1.63. The summed E-state index contributed by atoms with van der Waals surface area (Å²) in [5.74, 6) is 1.25. The molecule has 0 bridgehead atoms. The van der Waals surface area contributed by atoms with Crippen molar-refractivity contribution in [3.63, 3.8) is 0 Å². The lowest BCUT2D eigenvalue weighted by atomic mass is 9.99. The molecule has 1 atom stereocenters. The van der Waals surface area contributed by atoms with Crippen LogP contribution in [0, 0.1) is 6.92 Å². The van der Waals surface area contributed by atoms with Crippen molar-refractivity contribution in [2.75, 3.05) is 13.7 Å². The summed E-state index contributed by atoms with van der Waals surface area (Å²) in [5.41, 5.74) is 10.5. The van der Waals surface area contributed by atoms with Crippen LogP contribution in [0.25, 0.3) is 0 Å². The SMILES string of the molecule is COc1cc(CC(=O)NC[C@@H](N)c2ccc(C(C)C)cc2)ccc1C.